The first-order chi connectivity index (χ1) is 3.68. The van der Waals surface area contributed by atoms with Crippen LogP contribution in [0.25, 0.3) is 4.85 Å². The molecular formula is C6H6FN. The Hall–Kier alpha value is -0.580. The standard InChI is InChI=1S/C6H6FN/c1-8-6-2-5(7,3-6)4-6/h2-4H2. The molecule has 2 bridgehead atoms. The summed E-state index contributed by atoms with van der Waals surface area (Å²) in [6, 6.07) is 0. The molecule has 0 heterocycles. The Bertz CT molecular complexity index is 160. The van der Waals surface area contributed by atoms with Crippen molar-refractivity contribution in [1.82, 2.24) is 0 Å². The van der Waals surface area contributed by atoms with Crippen LogP contribution in [0, 0.1) is 6.57 Å². The van der Waals surface area contributed by atoms with E-state index in [0.29, 0.717) is 19.3 Å². The molecule has 0 atom stereocenters. The lowest BCUT2D eigenvalue weighted by atomic mass is 9.48. The average molecular weight is 111 g/mol. The maximum absolute atomic E-state index is 12.6. The molecule has 3 aliphatic carbocycles. The van der Waals surface area contributed by atoms with Crippen LogP contribution < -0.4 is 0 Å². The second-order valence-electron chi connectivity index (χ2n) is 3.02. The highest BCUT2D eigenvalue weighted by molar-refractivity contribution is 5.30. The SMILES string of the molecule is [C-]#[N+]C12CC(F)(C1)C2. The molecule has 0 spiro atoms. The van der Waals surface area contributed by atoms with Crippen molar-refractivity contribution in [2.75, 3.05) is 0 Å². The average Bonchev–Trinajstić information content (AvgIpc) is 1.55. The third-order valence-electron chi connectivity index (χ3n) is 2.17. The molecule has 3 saturated carbocycles. The van der Waals surface area contributed by atoms with E-state index in [9.17, 15) is 4.39 Å². The van der Waals surface area contributed by atoms with Gasteiger partial charge < -0.3 is 4.85 Å². The second-order valence-corrected chi connectivity index (χ2v) is 3.02. The van der Waals surface area contributed by atoms with Gasteiger partial charge in [-0.15, -0.1) is 0 Å². The van der Waals surface area contributed by atoms with Gasteiger partial charge in [-0.25, -0.2) is 11.0 Å². The highest BCUT2D eigenvalue weighted by atomic mass is 19.1. The van der Waals surface area contributed by atoms with Crippen LogP contribution in [0.2, 0.25) is 0 Å². The van der Waals surface area contributed by atoms with Gasteiger partial charge in [-0.1, -0.05) is 0 Å². The molecule has 0 aromatic heterocycles. The first-order valence-corrected chi connectivity index (χ1v) is 2.76. The van der Waals surface area contributed by atoms with Crippen molar-refractivity contribution in [2.24, 2.45) is 0 Å². The summed E-state index contributed by atoms with van der Waals surface area (Å²) in [5.41, 5.74) is -1.10. The summed E-state index contributed by atoms with van der Waals surface area (Å²) in [5, 5.41) is 0. The quantitative estimate of drug-likeness (QED) is 0.418. The van der Waals surface area contributed by atoms with Crippen molar-refractivity contribution in [3.05, 3.63) is 11.4 Å². The molecule has 0 radical (unpaired) electrons. The van der Waals surface area contributed by atoms with E-state index >= 15 is 0 Å². The minimum absolute atomic E-state index is 0.214. The molecule has 3 rings (SSSR count). The summed E-state index contributed by atoms with van der Waals surface area (Å²) in [5.74, 6) is 0. The fourth-order valence-corrected chi connectivity index (χ4v) is 1.73. The van der Waals surface area contributed by atoms with Crippen LogP contribution in [0.15, 0.2) is 0 Å². The summed E-state index contributed by atoms with van der Waals surface area (Å²) < 4.78 is 12.6. The van der Waals surface area contributed by atoms with E-state index in [1.807, 2.05) is 0 Å². The Labute approximate surface area is 47.3 Å². The molecule has 0 aromatic carbocycles. The third kappa shape index (κ3) is 0.254. The zero-order valence-corrected chi connectivity index (χ0v) is 4.45. The molecule has 2 heteroatoms. The summed E-state index contributed by atoms with van der Waals surface area (Å²) in [4.78, 5) is 3.35. The highest BCUT2D eigenvalue weighted by Gasteiger charge is 2.76. The van der Waals surface area contributed by atoms with Crippen LogP contribution in [0.3, 0.4) is 0 Å². The van der Waals surface area contributed by atoms with Gasteiger partial charge in [0.1, 0.15) is 5.67 Å². The van der Waals surface area contributed by atoms with Crippen molar-refractivity contribution in [2.45, 2.75) is 30.5 Å². The van der Waals surface area contributed by atoms with Crippen LogP contribution in [-0.4, -0.2) is 11.2 Å². The van der Waals surface area contributed by atoms with E-state index in [0.717, 1.165) is 0 Å². The van der Waals surface area contributed by atoms with Crippen molar-refractivity contribution >= 4 is 0 Å². The lowest BCUT2D eigenvalue weighted by Crippen LogP contribution is -2.67. The smallest absolute Gasteiger partial charge is 0.241 e. The molecule has 0 aliphatic heterocycles. The molecule has 8 heavy (non-hydrogen) atoms. The topological polar surface area (TPSA) is 4.36 Å². The lowest BCUT2D eigenvalue weighted by Gasteiger charge is -2.56. The molecule has 3 fully saturated rings. The van der Waals surface area contributed by atoms with Crippen LogP contribution in [0.4, 0.5) is 4.39 Å². The van der Waals surface area contributed by atoms with Crippen molar-refractivity contribution in [3.8, 4) is 0 Å². The molecule has 1 nitrogen and oxygen atoms in total. The number of hydrogen-bond donors (Lipinski definition) is 0. The van der Waals surface area contributed by atoms with Gasteiger partial charge in [0.05, 0.1) is 19.3 Å². The Morgan fingerprint density at radius 1 is 1.38 bits per heavy atom. The van der Waals surface area contributed by atoms with Crippen LogP contribution in [0.5, 0.6) is 0 Å². The van der Waals surface area contributed by atoms with Crippen molar-refractivity contribution < 1.29 is 4.39 Å². The Kier molecular flexibility index (Phi) is 0.428. The fourth-order valence-electron chi connectivity index (χ4n) is 1.73. The zero-order chi connectivity index (χ0) is 5.83. The van der Waals surface area contributed by atoms with Crippen LogP contribution in [0.1, 0.15) is 19.3 Å². The van der Waals surface area contributed by atoms with Crippen molar-refractivity contribution in [3.63, 3.8) is 0 Å². The largest absolute Gasteiger partial charge is 0.310 e. The fraction of sp³-hybridized carbons (Fsp3) is 0.833. The maximum atomic E-state index is 12.6. The summed E-state index contributed by atoms with van der Waals surface area (Å²) in [7, 11) is 0. The molecule has 0 amide bonds. The van der Waals surface area contributed by atoms with Gasteiger partial charge in [-0.2, -0.15) is 0 Å². The van der Waals surface area contributed by atoms with E-state index in [2.05, 4.69) is 4.85 Å². The predicted molar refractivity (Wildman–Crippen MR) is 27.0 cm³/mol. The van der Waals surface area contributed by atoms with Gasteiger partial charge in [-0.3, -0.25) is 0 Å². The van der Waals surface area contributed by atoms with E-state index in [-0.39, 0.29) is 5.54 Å². The molecule has 42 valence electrons. The number of rotatable bonds is 0. The number of halogens is 1. The zero-order valence-electron chi connectivity index (χ0n) is 4.45. The van der Waals surface area contributed by atoms with Gasteiger partial charge >= 0.3 is 0 Å². The number of hydrogen-bond acceptors (Lipinski definition) is 0. The first kappa shape index (κ1) is 4.31. The second kappa shape index (κ2) is 0.793. The molecule has 0 unspecified atom stereocenters. The first-order valence-electron chi connectivity index (χ1n) is 2.76. The van der Waals surface area contributed by atoms with Gasteiger partial charge in [-0.05, 0) is 0 Å². The number of alkyl halides is 1. The molecule has 0 N–H and O–H groups in total. The van der Waals surface area contributed by atoms with Gasteiger partial charge in [0.2, 0.25) is 5.54 Å². The van der Waals surface area contributed by atoms with Gasteiger partial charge in [0.25, 0.3) is 0 Å². The monoisotopic (exact) mass is 111 g/mol. The van der Waals surface area contributed by atoms with Crippen LogP contribution >= 0.6 is 0 Å². The summed E-state index contributed by atoms with van der Waals surface area (Å²) >= 11 is 0. The van der Waals surface area contributed by atoms with E-state index in [4.69, 9.17) is 6.57 Å². The minimum Gasteiger partial charge on any atom is -0.310 e. The Morgan fingerprint density at radius 3 is 2.00 bits per heavy atom. The lowest BCUT2D eigenvalue weighted by molar-refractivity contribution is -0.127. The molecule has 0 aromatic rings. The third-order valence-corrected chi connectivity index (χ3v) is 2.17. The Balaban J connectivity index is 2.17. The summed E-state index contributed by atoms with van der Waals surface area (Å²) in [6.45, 7) is 6.64. The number of nitrogens with zero attached hydrogens (tertiary/aromatic N) is 1. The predicted octanol–water partition coefficient (Wildman–Crippen LogP) is 1.55. The normalized spacial score (nSPS) is 58.0. The van der Waals surface area contributed by atoms with E-state index in [1.54, 1.807) is 0 Å². The highest BCUT2D eigenvalue weighted by Crippen LogP contribution is 2.65. The molecule has 0 saturated heterocycles. The van der Waals surface area contributed by atoms with Crippen molar-refractivity contribution in [1.29, 1.82) is 0 Å². The minimum atomic E-state index is -0.884. The molecular weight excluding hydrogens is 105 g/mol. The maximum Gasteiger partial charge on any atom is 0.241 e. The summed E-state index contributed by atoms with van der Waals surface area (Å²) in [6.07, 6.45) is 1.55. The Morgan fingerprint density at radius 2 is 1.88 bits per heavy atom. The molecule has 3 aliphatic rings. The van der Waals surface area contributed by atoms with E-state index < -0.39 is 5.67 Å². The van der Waals surface area contributed by atoms with Gasteiger partial charge in [0, 0.05) is 0 Å². The van der Waals surface area contributed by atoms with E-state index in [1.165, 1.54) is 0 Å². The van der Waals surface area contributed by atoms with Gasteiger partial charge in [0.15, 0.2) is 0 Å². The van der Waals surface area contributed by atoms with Crippen LogP contribution in [-0.2, 0) is 0 Å².